The number of morpholine rings is 1. The maximum Gasteiger partial charge on any atom is 0.293 e. The van der Waals surface area contributed by atoms with Crippen LogP contribution >= 0.6 is 0 Å². The largest absolute Gasteiger partial charge is 0.379 e. The molecule has 0 unspecified atom stereocenters. The van der Waals surface area contributed by atoms with E-state index in [2.05, 4.69) is 10.2 Å². The van der Waals surface area contributed by atoms with Gasteiger partial charge in [-0.15, -0.1) is 0 Å². The number of hydrogen-bond donors (Lipinski definition) is 1. The summed E-state index contributed by atoms with van der Waals surface area (Å²) in [7, 11) is -3.76. The number of nitro groups is 1. The lowest BCUT2D eigenvalue weighted by Gasteiger charge is -2.48. The van der Waals surface area contributed by atoms with Gasteiger partial charge in [0.15, 0.2) is 0 Å². The molecule has 3 rings (SSSR count). The highest BCUT2D eigenvalue weighted by molar-refractivity contribution is 7.89. The topological polar surface area (TPSA) is 105 Å². The van der Waals surface area contributed by atoms with Gasteiger partial charge in [0.1, 0.15) is 5.69 Å². The Hall–Kier alpha value is -1.75. The normalized spacial score (nSPS) is 20.0. The second kappa shape index (κ2) is 10.2. The van der Waals surface area contributed by atoms with E-state index in [1.807, 2.05) is 0 Å². The summed E-state index contributed by atoms with van der Waals surface area (Å²) in [6, 6.07) is 4.17. The average Bonchev–Trinajstić information content (AvgIpc) is 2.79. The van der Waals surface area contributed by atoms with Gasteiger partial charge in [0, 0.05) is 44.3 Å². The van der Waals surface area contributed by atoms with E-state index in [-0.39, 0.29) is 16.1 Å². The number of ether oxygens (including phenoxy) is 1. The van der Waals surface area contributed by atoms with E-state index in [0.29, 0.717) is 38.5 Å². The van der Waals surface area contributed by atoms with Crippen LogP contribution in [0.4, 0.5) is 11.4 Å². The number of rotatable bonds is 9. The number of anilines is 1. The monoisotopic (exact) mass is 454 g/mol. The van der Waals surface area contributed by atoms with Crippen LogP contribution in [-0.2, 0) is 14.8 Å². The van der Waals surface area contributed by atoms with Crippen LogP contribution in [0, 0.1) is 10.1 Å². The SMILES string of the molecule is CCN(CC)S(=O)(=O)c1ccc(NCC2(N3CCOCC3)CCCCC2)c([N+](=O)[O-])c1. The molecule has 31 heavy (non-hydrogen) atoms. The minimum Gasteiger partial charge on any atom is -0.379 e. The maximum absolute atomic E-state index is 12.8. The molecule has 2 aliphatic rings. The molecule has 1 aliphatic carbocycles. The Kier molecular flexibility index (Phi) is 7.90. The van der Waals surface area contributed by atoms with E-state index in [1.165, 1.54) is 28.9 Å². The van der Waals surface area contributed by atoms with Crippen LogP contribution in [0.3, 0.4) is 0 Å². The van der Waals surface area contributed by atoms with E-state index < -0.39 is 14.9 Å². The molecule has 1 aromatic carbocycles. The molecule has 1 saturated heterocycles. The predicted octanol–water partition coefficient (Wildman–Crippen LogP) is 3.07. The number of nitrogens with one attached hydrogen (secondary N) is 1. The van der Waals surface area contributed by atoms with Crippen molar-refractivity contribution < 1.29 is 18.1 Å². The summed E-state index contributed by atoms with van der Waals surface area (Å²) in [5, 5.41) is 15.1. The zero-order chi connectivity index (χ0) is 22.5. The molecule has 0 aromatic heterocycles. The van der Waals surface area contributed by atoms with Crippen LogP contribution in [0.5, 0.6) is 0 Å². The molecule has 0 amide bonds. The molecule has 1 N–H and O–H groups in total. The zero-order valence-corrected chi connectivity index (χ0v) is 19.3. The van der Waals surface area contributed by atoms with Gasteiger partial charge in [0.05, 0.1) is 23.0 Å². The second-order valence-corrected chi connectivity index (χ2v) is 10.2. The fourth-order valence-electron chi connectivity index (χ4n) is 4.80. The van der Waals surface area contributed by atoms with Crippen LogP contribution in [-0.4, -0.2) is 74.0 Å². The lowest BCUT2D eigenvalue weighted by molar-refractivity contribution is -0.384. The summed E-state index contributed by atoms with van der Waals surface area (Å²) in [6.45, 7) is 7.87. The molecular weight excluding hydrogens is 420 g/mol. The van der Waals surface area contributed by atoms with Crippen molar-refractivity contribution in [1.29, 1.82) is 0 Å². The van der Waals surface area contributed by atoms with Gasteiger partial charge < -0.3 is 10.1 Å². The summed E-state index contributed by atoms with van der Waals surface area (Å²) in [5.41, 5.74) is 0.102. The van der Waals surface area contributed by atoms with Crippen molar-refractivity contribution in [3.63, 3.8) is 0 Å². The fraction of sp³-hybridized carbons (Fsp3) is 0.714. The van der Waals surface area contributed by atoms with Crippen molar-refractivity contribution in [2.24, 2.45) is 0 Å². The van der Waals surface area contributed by atoms with Gasteiger partial charge in [-0.05, 0) is 25.0 Å². The third-order valence-corrected chi connectivity index (χ3v) is 8.63. The predicted molar refractivity (Wildman–Crippen MR) is 120 cm³/mol. The number of benzene rings is 1. The van der Waals surface area contributed by atoms with Crippen LogP contribution in [0.1, 0.15) is 46.0 Å². The van der Waals surface area contributed by atoms with Gasteiger partial charge in [0.25, 0.3) is 5.69 Å². The third-order valence-electron chi connectivity index (χ3n) is 6.58. The Morgan fingerprint density at radius 1 is 1.16 bits per heavy atom. The van der Waals surface area contributed by atoms with Crippen molar-refractivity contribution in [2.45, 2.75) is 56.4 Å². The number of nitrogens with zero attached hydrogens (tertiary/aromatic N) is 3. The van der Waals surface area contributed by atoms with Crippen molar-refractivity contribution in [3.05, 3.63) is 28.3 Å². The van der Waals surface area contributed by atoms with Crippen molar-refractivity contribution >= 4 is 21.4 Å². The van der Waals surface area contributed by atoms with Crippen molar-refractivity contribution in [3.8, 4) is 0 Å². The Labute approximate surface area is 184 Å². The van der Waals surface area contributed by atoms with Crippen molar-refractivity contribution in [1.82, 2.24) is 9.21 Å². The van der Waals surface area contributed by atoms with Crippen LogP contribution in [0.2, 0.25) is 0 Å². The lowest BCUT2D eigenvalue weighted by Crippen LogP contribution is -2.58. The first kappa shape index (κ1) is 23.9. The Morgan fingerprint density at radius 3 is 2.39 bits per heavy atom. The molecule has 2 fully saturated rings. The highest BCUT2D eigenvalue weighted by Crippen LogP contribution is 2.36. The highest BCUT2D eigenvalue weighted by Gasteiger charge is 2.39. The Morgan fingerprint density at radius 2 is 1.81 bits per heavy atom. The van der Waals surface area contributed by atoms with Gasteiger partial charge in [-0.2, -0.15) is 4.31 Å². The summed E-state index contributed by atoms with van der Waals surface area (Å²) >= 11 is 0. The fourth-order valence-corrected chi connectivity index (χ4v) is 6.28. The number of hydrogen-bond acceptors (Lipinski definition) is 7. The maximum atomic E-state index is 12.8. The molecule has 0 bridgehead atoms. The van der Waals surface area contributed by atoms with E-state index in [9.17, 15) is 18.5 Å². The quantitative estimate of drug-likeness (QED) is 0.451. The summed E-state index contributed by atoms with van der Waals surface area (Å²) in [4.78, 5) is 13.7. The van der Waals surface area contributed by atoms with E-state index in [0.717, 1.165) is 38.8 Å². The van der Waals surface area contributed by atoms with Gasteiger partial charge in [-0.25, -0.2) is 8.42 Å². The smallest absolute Gasteiger partial charge is 0.293 e. The summed E-state index contributed by atoms with van der Waals surface area (Å²) in [5.74, 6) is 0. The van der Waals surface area contributed by atoms with Gasteiger partial charge >= 0.3 is 0 Å². The van der Waals surface area contributed by atoms with E-state index in [1.54, 1.807) is 13.8 Å². The third kappa shape index (κ3) is 5.19. The molecule has 10 heteroatoms. The highest BCUT2D eigenvalue weighted by atomic mass is 32.2. The molecular formula is C21H34N4O5S. The first-order valence-corrected chi connectivity index (χ1v) is 12.6. The first-order chi connectivity index (χ1) is 14.8. The molecule has 1 aliphatic heterocycles. The summed E-state index contributed by atoms with van der Waals surface area (Å²) < 4.78 is 32.4. The minimum atomic E-state index is -3.76. The molecule has 0 atom stereocenters. The Balaban J connectivity index is 1.85. The molecule has 1 heterocycles. The zero-order valence-electron chi connectivity index (χ0n) is 18.5. The molecule has 0 spiro atoms. The molecule has 0 radical (unpaired) electrons. The van der Waals surface area contributed by atoms with Crippen molar-refractivity contribution in [2.75, 3.05) is 51.3 Å². The molecule has 174 valence electrons. The average molecular weight is 455 g/mol. The lowest BCUT2D eigenvalue weighted by atomic mass is 9.79. The minimum absolute atomic E-state index is 0.0472. The van der Waals surface area contributed by atoms with Crippen LogP contribution in [0.15, 0.2) is 23.1 Å². The van der Waals surface area contributed by atoms with Crippen LogP contribution in [0.25, 0.3) is 0 Å². The Bertz CT molecular complexity index is 861. The van der Waals surface area contributed by atoms with Gasteiger partial charge in [-0.1, -0.05) is 33.1 Å². The molecule has 1 aromatic rings. The van der Waals surface area contributed by atoms with E-state index in [4.69, 9.17) is 4.74 Å². The van der Waals surface area contributed by atoms with E-state index >= 15 is 0 Å². The number of sulfonamides is 1. The van der Waals surface area contributed by atoms with Crippen LogP contribution < -0.4 is 5.32 Å². The first-order valence-electron chi connectivity index (χ1n) is 11.2. The van der Waals surface area contributed by atoms with Gasteiger partial charge in [-0.3, -0.25) is 15.0 Å². The number of nitro benzene ring substituents is 1. The van der Waals surface area contributed by atoms with Gasteiger partial charge in [0.2, 0.25) is 10.0 Å². The molecule has 9 nitrogen and oxygen atoms in total. The summed E-state index contributed by atoms with van der Waals surface area (Å²) in [6.07, 6.45) is 5.58. The molecule has 1 saturated carbocycles. The standard InChI is InChI=1S/C21H34N4O5S/c1-3-24(4-2)31(28,29)18-8-9-19(20(16-18)25(26)27)22-17-21(10-6-5-7-11-21)23-12-14-30-15-13-23/h8-9,16,22H,3-7,10-15,17H2,1-2H3. The second-order valence-electron chi connectivity index (χ2n) is 8.26.